The molecule has 3 rings (SSSR count). The van der Waals surface area contributed by atoms with E-state index < -0.39 is 23.6 Å². The molecular weight excluding hydrogens is 423 g/mol. The molecule has 0 bridgehead atoms. The lowest BCUT2D eigenvalue weighted by molar-refractivity contribution is -0.139. The summed E-state index contributed by atoms with van der Waals surface area (Å²) < 4.78 is 41.7. The van der Waals surface area contributed by atoms with Gasteiger partial charge in [0.25, 0.3) is 0 Å². The van der Waals surface area contributed by atoms with Crippen molar-refractivity contribution in [3.63, 3.8) is 0 Å². The van der Waals surface area contributed by atoms with E-state index in [2.05, 4.69) is 20.8 Å². The molecule has 0 spiro atoms. The molecule has 10 heteroatoms. The Morgan fingerprint density at radius 1 is 1.09 bits per heavy atom. The number of nitrogens with one attached hydrogen (secondary N) is 2. The summed E-state index contributed by atoms with van der Waals surface area (Å²) in [5, 5.41) is 6.22. The summed E-state index contributed by atoms with van der Waals surface area (Å²) in [6, 6.07) is 10.3. The van der Waals surface area contributed by atoms with Crippen LogP contribution in [0.1, 0.15) is 28.1 Å². The normalized spacial score (nSPS) is 11.5. The lowest BCUT2D eigenvalue weighted by Gasteiger charge is -2.16. The summed E-state index contributed by atoms with van der Waals surface area (Å²) in [4.78, 5) is 27.6. The summed E-state index contributed by atoms with van der Waals surface area (Å²) in [5.74, 6) is -1.84. The maximum Gasteiger partial charge on any atom is 0.418 e. The molecule has 0 saturated carbocycles. The molecule has 2 aromatic heterocycles. The van der Waals surface area contributed by atoms with Crippen LogP contribution in [0.5, 0.6) is 0 Å². The van der Waals surface area contributed by atoms with Crippen LogP contribution in [0.3, 0.4) is 0 Å². The van der Waals surface area contributed by atoms with Crippen LogP contribution >= 0.6 is 0 Å². The molecule has 2 N–H and O–H groups in total. The number of carbonyl (C=O) groups excluding carboxylic acids is 2. The first-order valence-electron chi connectivity index (χ1n) is 9.54. The molecule has 0 aliphatic heterocycles. The number of pyridine rings is 1. The van der Waals surface area contributed by atoms with Gasteiger partial charge < -0.3 is 9.88 Å². The van der Waals surface area contributed by atoms with Gasteiger partial charge in [-0.05, 0) is 49.7 Å². The maximum atomic E-state index is 13.4. The van der Waals surface area contributed by atoms with Gasteiger partial charge in [-0.15, -0.1) is 0 Å². The quantitative estimate of drug-likeness (QED) is 0.360. The third-order valence-corrected chi connectivity index (χ3v) is 4.70. The molecule has 0 atom stereocenters. The van der Waals surface area contributed by atoms with Crippen molar-refractivity contribution in [3.8, 4) is 5.69 Å². The lowest BCUT2D eigenvalue weighted by atomic mass is 10.1. The van der Waals surface area contributed by atoms with Gasteiger partial charge in [-0.2, -0.15) is 18.3 Å². The van der Waals surface area contributed by atoms with E-state index in [9.17, 15) is 22.8 Å². The SMILES string of the molecule is Cc1cc(/C=N\NC(=O)C(=O)NCc2ccncc2)c(C)n1-c1ccccc1C(F)(F)F. The third-order valence-electron chi connectivity index (χ3n) is 4.70. The summed E-state index contributed by atoms with van der Waals surface area (Å²) in [6.07, 6.45) is -0.0977. The second kappa shape index (κ2) is 9.46. The van der Waals surface area contributed by atoms with Crippen LogP contribution in [-0.2, 0) is 22.3 Å². The first kappa shape index (κ1) is 22.7. The van der Waals surface area contributed by atoms with E-state index in [1.54, 1.807) is 44.4 Å². The molecule has 0 aliphatic carbocycles. The number of hydrazone groups is 1. The molecule has 32 heavy (non-hydrogen) atoms. The van der Waals surface area contributed by atoms with Crippen molar-refractivity contribution >= 4 is 18.0 Å². The average molecular weight is 443 g/mol. The Morgan fingerprint density at radius 3 is 2.47 bits per heavy atom. The van der Waals surface area contributed by atoms with Crippen LogP contribution in [0, 0.1) is 13.8 Å². The number of aromatic nitrogens is 2. The van der Waals surface area contributed by atoms with Gasteiger partial charge in [0, 0.05) is 35.9 Å². The minimum atomic E-state index is -4.51. The zero-order valence-electron chi connectivity index (χ0n) is 17.3. The summed E-state index contributed by atoms with van der Waals surface area (Å²) in [6.45, 7) is 3.46. The van der Waals surface area contributed by atoms with E-state index in [0.29, 0.717) is 17.0 Å². The van der Waals surface area contributed by atoms with Crippen molar-refractivity contribution in [2.75, 3.05) is 0 Å². The zero-order chi connectivity index (χ0) is 23.3. The Kier molecular flexibility index (Phi) is 6.72. The highest BCUT2D eigenvalue weighted by atomic mass is 19.4. The molecule has 3 aromatic rings. The van der Waals surface area contributed by atoms with Crippen LogP contribution in [-0.4, -0.2) is 27.6 Å². The van der Waals surface area contributed by atoms with E-state index in [-0.39, 0.29) is 12.2 Å². The monoisotopic (exact) mass is 443 g/mol. The van der Waals surface area contributed by atoms with E-state index in [1.165, 1.54) is 29.0 Å². The minimum absolute atomic E-state index is 0.00539. The third kappa shape index (κ3) is 5.20. The van der Waals surface area contributed by atoms with Crippen molar-refractivity contribution in [1.29, 1.82) is 0 Å². The zero-order valence-corrected chi connectivity index (χ0v) is 17.3. The molecule has 0 radical (unpaired) electrons. The van der Waals surface area contributed by atoms with Gasteiger partial charge in [0.1, 0.15) is 0 Å². The molecule has 0 fully saturated rings. The van der Waals surface area contributed by atoms with Crippen LogP contribution in [0.25, 0.3) is 5.69 Å². The number of amides is 2. The first-order valence-corrected chi connectivity index (χ1v) is 9.54. The topological polar surface area (TPSA) is 88.4 Å². The van der Waals surface area contributed by atoms with Crippen molar-refractivity contribution in [2.24, 2.45) is 5.10 Å². The molecule has 7 nitrogen and oxygen atoms in total. The summed E-state index contributed by atoms with van der Waals surface area (Å²) >= 11 is 0. The molecule has 0 saturated heterocycles. The average Bonchev–Trinajstić information content (AvgIpc) is 3.05. The molecule has 0 unspecified atom stereocenters. The van der Waals surface area contributed by atoms with Crippen LogP contribution < -0.4 is 10.7 Å². The number of halogens is 3. The predicted molar refractivity (Wildman–Crippen MR) is 112 cm³/mol. The molecule has 1 aromatic carbocycles. The fourth-order valence-corrected chi connectivity index (χ4v) is 3.17. The lowest BCUT2D eigenvalue weighted by Crippen LogP contribution is -2.37. The van der Waals surface area contributed by atoms with Crippen LogP contribution in [0.4, 0.5) is 13.2 Å². The fourth-order valence-electron chi connectivity index (χ4n) is 3.17. The Balaban J connectivity index is 1.70. The van der Waals surface area contributed by atoms with Crippen molar-refractivity contribution in [3.05, 3.63) is 82.9 Å². The number of alkyl halides is 3. The Morgan fingerprint density at radius 2 is 1.78 bits per heavy atom. The van der Waals surface area contributed by atoms with E-state index in [0.717, 1.165) is 11.6 Å². The predicted octanol–water partition coefficient (Wildman–Crippen LogP) is 3.27. The smallest absolute Gasteiger partial charge is 0.344 e. The van der Waals surface area contributed by atoms with Gasteiger partial charge in [-0.1, -0.05) is 12.1 Å². The second-order valence-electron chi connectivity index (χ2n) is 6.91. The van der Waals surface area contributed by atoms with Crippen molar-refractivity contribution in [1.82, 2.24) is 20.3 Å². The minimum Gasteiger partial charge on any atom is -0.344 e. The van der Waals surface area contributed by atoms with Crippen LogP contribution in [0.2, 0.25) is 0 Å². The number of nitrogens with zero attached hydrogens (tertiary/aromatic N) is 3. The fraction of sp³-hybridized carbons (Fsp3) is 0.182. The van der Waals surface area contributed by atoms with Gasteiger partial charge >= 0.3 is 18.0 Å². The van der Waals surface area contributed by atoms with Gasteiger partial charge in [0.05, 0.1) is 17.5 Å². The highest BCUT2D eigenvalue weighted by molar-refractivity contribution is 6.35. The van der Waals surface area contributed by atoms with Gasteiger partial charge in [-0.3, -0.25) is 14.6 Å². The van der Waals surface area contributed by atoms with Crippen molar-refractivity contribution in [2.45, 2.75) is 26.6 Å². The first-order chi connectivity index (χ1) is 15.2. The van der Waals surface area contributed by atoms with Crippen LogP contribution in [0.15, 0.2) is 60.0 Å². The molecule has 2 amide bonds. The van der Waals surface area contributed by atoms with E-state index >= 15 is 0 Å². The van der Waals surface area contributed by atoms with Crippen molar-refractivity contribution < 1.29 is 22.8 Å². The summed E-state index contributed by atoms with van der Waals surface area (Å²) in [7, 11) is 0. The summed E-state index contributed by atoms with van der Waals surface area (Å²) in [5.41, 5.74) is 3.68. The maximum absolute atomic E-state index is 13.4. The highest BCUT2D eigenvalue weighted by Gasteiger charge is 2.34. The second-order valence-corrected chi connectivity index (χ2v) is 6.91. The number of hydrogen-bond donors (Lipinski definition) is 2. The number of hydrogen-bond acceptors (Lipinski definition) is 4. The molecular formula is C22H20F3N5O2. The number of benzene rings is 1. The largest absolute Gasteiger partial charge is 0.418 e. The molecule has 2 heterocycles. The van der Waals surface area contributed by atoms with E-state index in [4.69, 9.17) is 0 Å². The Hall–Kier alpha value is -3.95. The number of para-hydroxylation sites is 1. The molecule has 166 valence electrons. The highest BCUT2D eigenvalue weighted by Crippen LogP contribution is 2.35. The van der Waals surface area contributed by atoms with E-state index in [1.807, 2.05) is 0 Å². The van der Waals surface area contributed by atoms with Gasteiger partial charge in [-0.25, -0.2) is 5.43 Å². The Bertz CT molecular complexity index is 1150. The number of carbonyl (C=O) groups is 2. The number of aryl methyl sites for hydroxylation is 1. The molecule has 0 aliphatic rings. The number of rotatable bonds is 5. The standard InChI is InChI=1S/C22H20F3N5O2/c1-14-11-17(15(2)30(14)19-6-4-3-5-18(19)22(23,24)25)13-28-29-21(32)20(31)27-12-16-7-9-26-10-8-16/h3-11,13H,12H2,1-2H3,(H,27,31)(H,29,32)/b28-13-. The Labute approximate surface area is 182 Å². The van der Waals surface area contributed by atoms with Gasteiger partial charge in [0.2, 0.25) is 0 Å². The van der Waals surface area contributed by atoms with Gasteiger partial charge in [0.15, 0.2) is 0 Å².